The quantitative estimate of drug-likeness (QED) is 0.640. The van der Waals surface area contributed by atoms with Crippen LogP contribution in [0.4, 0.5) is 0 Å². The Morgan fingerprint density at radius 1 is 1.46 bits per heavy atom. The van der Waals surface area contributed by atoms with Crippen molar-refractivity contribution < 1.29 is 0 Å². The van der Waals surface area contributed by atoms with E-state index in [0.29, 0.717) is 5.92 Å². The molecule has 1 atom stereocenters. The van der Waals surface area contributed by atoms with Crippen LogP contribution in [0.25, 0.3) is 0 Å². The van der Waals surface area contributed by atoms with Crippen molar-refractivity contribution in [3.05, 3.63) is 48.0 Å². The SMILES string of the molecule is C=CCC(C)c1ccc(C#N)cc1. The Labute approximate surface area is 79.3 Å². The summed E-state index contributed by atoms with van der Waals surface area (Å²) in [5, 5.41) is 8.60. The summed E-state index contributed by atoms with van der Waals surface area (Å²) in [6, 6.07) is 9.83. The number of hydrogen-bond donors (Lipinski definition) is 0. The zero-order valence-electron chi connectivity index (χ0n) is 7.83. The highest BCUT2D eigenvalue weighted by atomic mass is 14.2. The predicted molar refractivity (Wildman–Crippen MR) is 54.4 cm³/mol. The predicted octanol–water partition coefficient (Wildman–Crippen LogP) is 3.24. The lowest BCUT2D eigenvalue weighted by Crippen LogP contribution is -1.91. The molecule has 0 aliphatic carbocycles. The van der Waals surface area contributed by atoms with Gasteiger partial charge in [-0.25, -0.2) is 0 Å². The molecule has 13 heavy (non-hydrogen) atoms. The Morgan fingerprint density at radius 3 is 2.54 bits per heavy atom. The minimum Gasteiger partial charge on any atom is -0.192 e. The average molecular weight is 171 g/mol. The maximum Gasteiger partial charge on any atom is 0.0991 e. The molecule has 66 valence electrons. The number of benzene rings is 1. The second kappa shape index (κ2) is 4.47. The van der Waals surface area contributed by atoms with Gasteiger partial charge in [0, 0.05) is 0 Å². The van der Waals surface area contributed by atoms with E-state index in [2.05, 4.69) is 19.6 Å². The first-order valence-electron chi connectivity index (χ1n) is 4.39. The largest absolute Gasteiger partial charge is 0.192 e. The molecular formula is C12H13N. The number of allylic oxidation sites excluding steroid dienone is 1. The van der Waals surface area contributed by atoms with E-state index in [4.69, 9.17) is 5.26 Å². The Balaban J connectivity index is 2.80. The minimum atomic E-state index is 0.491. The first-order chi connectivity index (χ1) is 6.27. The second-order valence-electron chi connectivity index (χ2n) is 3.16. The van der Waals surface area contributed by atoms with Crippen LogP contribution in [0.5, 0.6) is 0 Å². The van der Waals surface area contributed by atoms with Crippen LogP contribution in [0, 0.1) is 11.3 Å². The summed E-state index contributed by atoms with van der Waals surface area (Å²) in [5.41, 5.74) is 1.98. The molecular weight excluding hydrogens is 158 g/mol. The summed E-state index contributed by atoms with van der Waals surface area (Å²) in [5.74, 6) is 0.491. The topological polar surface area (TPSA) is 23.8 Å². The summed E-state index contributed by atoms with van der Waals surface area (Å²) in [6.45, 7) is 5.86. The van der Waals surface area contributed by atoms with Crippen LogP contribution < -0.4 is 0 Å². The highest BCUT2D eigenvalue weighted by Gasteiger charge is 2.02. The smallest absolute Gasteiger partial charge is 0.0991 e. The van der Waals surface area contributed by atoms with E-state index in [1.54, 1.807) is 0 Å². The Morgan fingerprint density at radius 2 is 2.08 bits per heavy atom. The summed E-state index contributed by atoms with van der Waals surface area (Å²) < 4.78 is 0. The molecule has 1 aromatic rings. The van der Waals surface area contributed by atoms with E-state index >= 15 is 0 Å². The van der Waals surface area contributed by atoms with E-state index in [1.165, 1.54) is 5.56 Å². The molecule has 0 aliphatic rings. The Kier molecular flexibility index (Phi) is 3.28. The van der Waals surface area contributed by atoms with Gasteiger partial charge in [0.25, 0.3) is 0 Å². The van der Waals surface area contributed by atoms with Gasteiger partial charge in [-0.15, -0.1) is 6.58 Å². The molecule has 1 nitrogen and oxygen atoms in total. The average Bonchev–Trinajstić information content (AvgIpc) is 2.18. The molecule has 0 fully saturated rings. The van der Waals surface area contributed by atoms with Crippen LogP contribution in [0.3, 0.4) is 0 Å². The number of rotatable bonds is 3. The monoisotopic (exact) mass is 171 g/mol. The van der Waals surface area contributed by atoms with Gasteiger partial charge in [0.1, 0.15) is 0 Å². The van der Waals surface area contributed by atoms with Crippen molar-refractivity contribution in [2.75, 3.05) is 0 Å². The molecule has 0 amide bonds. The first kappa shape index (κ1) is 9.54. The van der Waals surface area contributed by atoms with E-state index < -0.39 is 0 Å². The number of nitriles is 1. The Hall–Kier alpha value is -1.55. The van der Waals surface area contributed by atoms with Crippen molar-refractivity contribution in [2.45, 2.75) is 19.3 Å². The third kappa shape index (κ3) is 2.45. The van der Waals surface area contributed by atoms with Crippen molar-refractivity contribution in [3.63, 3.8) is 0 Å². The van der Waals surface area contributed by atoms with Gasteiger partial charge in [0.05, 0.1) is 11.6 Å². The van der Waals surface area contributed by atoms with Crippen LogP contribution in [0.2, 0.25) is 0 Å². The maximum atomic E-state index is 8.60. The van der Waals surface area contributed by atoms with Gasteiger partial charge in [-0.05, 0) is 30.0 Å². The first-order valence-corrected chi connectivity index (χ1v) is 4.39. The van der Waals surface area contributed by atoms with Gasteiger partial charge in [-0.2, -0.15) is 5.26 Å². The zero-order valence-corrected chi connectivity index (χ0v) is 7.83. The molecule has 0 saturated heterocycles. The van der Waals surface area contributed by atoms with Crippen molar-refractivity contribution in [3.8, 4) is 6.07 Å². The van der Waals surface area contributed by atoms with E-state index in [0.717, 1.165) is 12.0 Å². The molecule has 1 aromatic carbocycles. The lowest BCUT2D eigenvalue weighted by molar-refractivity contribution is 0.782. The van der Waals surface area contributed by atoms with Crippen molar-refractivity contribution in [1.29, 1.82) is 5.26 Å². The van der Waals surface area contributed by atoms with Crippen molar-refractivity contribution >= 4 is 0 Å². The summed E-state index contributed by atoms with van der Waals surface area (Å²) in [7, 11) is 0. The van der Waals surface area contributed by atoms with E-state index in [1.807, 2.05) is 30.3 Å². The van der Waals surface area contributed by atoms with Crippen LogP contribution in [0.1, 0.15) is 30.4 Å². The van der Waals surface area contributed by atoms with Crippen molar-refractivity contribution in [2.24, 2.45) is 0 Å². The van der Waals surface area contributed by atoms with Crippen LogP contribution in [-0.2, 0) is 0 Å². The summed E-state index contributed by atoms with van der Waals surface area (Å²) in [4.78, 5) is 0. The van der Waals surface area contributed by atoms with Gasteiger partial charge in [0.2, 0.25) is 0 Å². The van der Waals surface area contributed by atoms with Crippen LogP contribution >= 0.6 is 0 Å². The third-order valence-corrected chi connectivity index (χ3v) is 2.13. The fourth-order valence-corrected chi connectivity index (χ4v) is 1.27. The van der Waals surface area contributed by atoms with Crippen molar-refractivity contribution in [1.82, 2.24) is 0 Å². The standard InChI is InChI=1S/C12H13N/c1-3-4-10(2)12-7-5-11(9-13)6-8-12/h3,5-8,10H,1,4H2,2H3. The molecule has 0 saturated carbocycles. The van der Waals surface area contributed by atoms with E-state index in [9.17, 15) is 0 Å². The fourth-order valence-electron chi connectivity index (χ4n) is 1.27. The summed E-state index contributed by atoms with van der Waals surface area (Å²) in [6.07, 6.45) is 2.90. The lowest BCUT2D eigenvalue weighted by Gasteiger charge is -2.08. The molecule has 0 radical (unpaired) electrons. The summed E-state index contributed by atoms with van der Waals surface area (Å²) >= 11 is 0. The lowest BCUT2D eigenvalue weighted by atomic mass is 9.97. The number of nitrogens with zero attached hydrogens (tertiary/aromatic N) is 1. The molecule has 0 N–H and O–H groups in total. The highest BCUT2D eigenvalue weighted by molar-refractivity contribution is 5.32. The second-order valence-corrected chi connectivity index (χ2v) is 3.16. The molecule has 0 bridgehead atoms. The molecule has 1 heteroatoms. The van der Waals surface area contributed by atoms with Gasteiger partial charge in [0.15, 0.2) is 0 Å². The third-order valence-electron chi connectivity index (χ3n) is 2.13. The highest BCUT2D eigenvalue weighted by Crippen LogP contribution is 2.19. The molecule has 0 aromatic heterocycles. The van der Waals surface area contributed by atoms with Crippen LogP contribution in [0.15, 0.2) is 36.9 Å². The molecule has 0 spiro atoms. The minimum absolute atomic E-state index is 0.491. The van der Waals surface area contributed by atoms with Gasteiger partial charge < -0.3 is 0 Å². The molecule has 1 unspecified atom stereocenters. The van der Waals surface area contributed by atoms with Gasteiger partial charge in [-0.1, -0.05) is 25.1 Å². The van der Waals surface area contributed by atoms with E-state index in [-0.39, 0.29) is 0 Å². The zero-order chi connectivity index (χ0) is 9.68. The van der Waals surface area contributed by atoms with Gasteiger partial charge in [-0.3, -0.25) is 0 Å². The number of hydrogen-bond acceptors (Lipinski definition) is 1. The molecule has 0 aliphatic heterocycles. The fraction of sp³-hybridized carbons (Fsp3) is 0.250. The normalized spacial score (nSPS) is 11.7. The van der Waals surface area contributed by atoms with Crippen LogP contribution in [-0.4, -0.2) is 0 Å². The maximum absolute atomic E-state index is 8.60. The Bertz CT molecular complexity index is 316. The molecule has 1 rings (SSSR count). The van der Waals surface area contributed by atoms with Gasteiger partial charge >= 0.3 is 0 Å². The molecule has 0 heterocycles.